The fourth-order valence-corrected chi connectivity index (χ4v) is 4.33. The van der Waals surface area contributed by atoms with E-state index in [-0.39, 0.29) is 23.9 Å². The minimum atomic E-state index is -0.487. The summed E-state index contributed by atoms with van der Waals surface area (Å²) >= 11 is 0. The molecule has 38 heavy (non-hydrogen) atoms. The van der Waals surface area contributed by atoms with Crippen molar-refractivity contribution in [1.82, 2.24) is 0 Å². The molecule has 0 aliphatic rings. The molecule has 0 saturated heterocycles. The summed E-state index contributed by atoms with van der Waals surface area (Å²) in [6, 6.07) is 3.23. The molecule has 0 fully saturated rings. The standard InChI is InChI=1S/C32H44O6/c1-7-9-11-13-21-37-29(35)17-15-19-31(3,4)25-23-28(34)26(24-27(25)33)32(5,6)20-16-18-30(36)38-22-14-12-10-8-2/h21,23-24,33-34H,1,8,10,12,14-20,22H2,2-6H3. The molecular formula is C32H44O6. The lowest BCUT2D eigenvalue weighted by atomic mass is 9.75. The lowest BCUT2D eigenvalue weighted by Crippen LogP contribution is -2.21. The minimum absolute atomic E-state index is 0.0973. The van der Waals surface area contributed by atoms with Gasteiger partial charge in [-0.3, -0.25) is 9.59 Å². The number of phenolic OH excluding ortho intramolecular Hbond substituents is 2. The van der Waals surface area contributed by atoms with Crippen LogP contribution in [0.4, 0.5) is 0 Å². The van der Waals surface area contributed by atoms with Gasteiger partial charge in [0.2, 0.25) is 0 Å². The van der Waals surface area contributed by atoms with Gasteiger partial charge < -0.3 is 19.7 Å². The number of hydrogen-bond donors (Lipinski definition) is 2. The van der Waals surface area contributed by atoms with Crippen LogP contribution in [0.5, 0.6) is 11.5 Å². The normalized spacial score (nSPS) is 11.0. The predicted molar refractivity (Wildman–Crippen MR) is 149 cm³/mol. The van der Waals surface area contributed by atoms with Crippen molar-refractivity contribution in [1.29, 1.82) is 0 Å². The maximum Gasteiger partial charge on any atom is 0.311 e. The van der Waals surface area contributed by atoms with E-state index in [4.69, 9.17) is 9.47 Å². The topological polar surface area (TPSA) is 93.1 Å². The summed E-state index contributed by atoms with van der Waals surface area (Å²) in [7, 11) is 0. The van der Waals surface area contributed by atoms with E-state index in [1.165, 1.54) is 0 Å². The van der Waals surface area contributed by atoms with E-state index in [2.05, 4.69) is 36.4 Å². The first-order valence-corrected chi connectivity index (χ1v) is 13.5. The summed E-state index contributed by atoms with van der Waals surface area (Å²) in [6.45, 7) is 13.8. The van der Waals surface area contributed by atoms with Crippen LogP contribution in [0, 0.1) is 0 Å². The Kier molecular flexibility index (Phi) is 14.1. The third kappa shape index (κ3) is 11.8. The molecule has 0 aliphatic carbocycles. The highest BCUT2D eigenvalue weighted by molar-refractivity contribution is 5.70. The van der Waals surface area contributed by atoms with E-state index in [0.717, 1.165) is 31.9 Å². The van der Waals surface area contributed by atoms with E-state index < -0.39 is 16.8 Å². The third-order valence-corrected chi connectivity index (χ3v) is 6.67. The van der Waals surface area contributed by atoms with E-state index in [9.17, 15) is 19.8 Å². The number of ether oxygens (including phenoxy) is 2. The first-order chi connectivity index (χ1) is 17.9. The van der Waals surface area contributed by atoms with Crippen LogP contribution in [0.25, 0.3) is 0 Å². The molecule has 0 radical (unpaired) electrons. The molecule has 0 amide bonds. The Morgan fingerprint density at radius 1 is 0.868 bits per heavy atom. The third-order valence-electron chi connectivity index (χ3n) is 6.67. The molecule has 1 aromatic rings. The lowest BCUT2D eigenvalue weighted by Gasteiger charge is -2.30. The molecule has 6 heteroatoms. The molecule has 0 bridgehead atoms. The summed E-state index contributed by atoms with van der Waals surface area (Å²) in [6.07, 6.45) is 8.29. The highest BCUT2D eigenvalue weighted by Gasteiger charge is 2.30. The van der Waals surface area contributed by atoms with Gasteiger partial charge in [0.25, 0.3) is 0 Å². The smallest absolute Gasteiger partial charge is 0.311 e. The zero-order chi connectivity index (χ0) is 28.6. The number of hydrogen-bond acceptors (Lipinski definition) is 6. The molecule has 1 rings (SSSR count). The van der Waals surface area contributed by atoms with Crippen molar-refractivity contribution in [3.63, 3.8) is 0 Å². The van der Waals surface area contributed by atoms with E-state index in [1.54, 1.807) is 12.1 Å². The van der Waals surface area contributed by atoms with Crippen molar-refractivity contribution in [3.05, 3.63) is 59.0 Å². The van der Waals surface area contributed by atoms with Crippen molar-refractivity contribution < 1.29 is 29.3 Å². The summed E-state index contributed by atoms with van der Waals surface area (Å²) in [5.74, 6) is -0.394. The lowest BCUT2D eigenvalue weighted by molar-refractivity contribution is -0.144. The van der Waals surface area contributed by atoms with Crippen molar-refractivity contribution in [2.75, 3.05) is 6.61 Å². The second-order valence-electron chi connectivity index (χ2n) is 10.8. The number of benzene rings is 1. The van der Waals surface area contributed by atoms with Crippen LogP contribution in [0.3, 0.4) is 0 Å². The van der Waals surface area contributed by atoms with Gasteiger partial charge in [-0.15, -0.1) is 0 Å². The highest BCUT2D eigenvalue weighted by Crippen LogP contribution is 2.43. The Balaban J connectivity index is 2.71. The van der Waals surface area contributed by atoms with E-state index in [0.29, 0.717) is 49.8 Å². The highest BCUT2D eigenvalue weighted by atomic mass is 16.5. The molecule has 0 aromatic heterocycles. The molecule has 0 spiro atoms. The quantitative estimate of drug-likeness (QED) is 0.0768. The molecular weight excluding hydrogens is 480 g/mol. The average molecular weight is 525 g/mol. The molecule has 0 saturated carbocycles. The molecule has 208 valence electrons. The Morgan fingerprint density at radius 3 is 1.95 bits per heavy atom. The molecule has 2 N–H and O–H groups in total. The monoisotopic (exact) mass is 524 g/mol. The van der Waals surface area contributed by atoms with Gasteiger partial charge in [-0.05, 0) is 78.8 Å². The summed E-state index contributed by atoms with van der Waals surface area (Å²) in [5, 5.41) is 21.7. The zero-order valence-electron chi connectivity index (χ0n) is 23.7. The number of rotatable bonds is 16. The first kappa shape index (κ1) is 32.6. The van der Waals surface area contributed by atoms with Crippen LogP contribution >= 0.6 is 0 Å². The fraction of sp³-hybridized carbons (Fsp3) is 0.562. The summed E-state index contributed by atoms with van der Waals surface area (Å²) in [5.41, 5.74) is 10.1. The number of phenols is 2. The second kappa shape index (κ2) is 16.5. The van der Waals surface area contributed by atoms with Crippen molar-refractivity contribution in [2.45, 2.75) is 110 Å². The predicted octanol–water partition coefficient (Wildman–Crippen LogP) is 7.42. The van der Waals surface area contributed by atoms with Gasteiger partial charge in [0.15, 0.2) is 0 Å². The van der Waals surface area contributed by atoms with Gasteiger partial charge in [-0.25, -0.2) is 0 Å². The van der Waals surface area contributed by atoms with Crippen molar-refractivity contribution in [3.8, 4) is 11.5 Å². The number of carbonyl (C=O) groups excluding carboxylic acids is 2. The Labute approximate surface area is 228 Å². The number of unbranched alkanes of at least 4 members (excludes halogenated alkanes) is 3. The van der Waals surface area contributed by atoms with Gasteiger partial charge in [-0.2, -0.15) is 0 Å². The van der Waals surface area contributed by atoms with Crippen LogP contribution < -0.4 is 0 Å². The number of carbonyl (C=O) groups is 2. The zero-order valence-corrected chi connectivity index (χ0v) is 23.7. The maximum absolute atomic E-state index is 12.0. The van der Waals surface area contributed by atoms with Gasteiger partial charge >= 0.3 is 11.9 Å². The van der Waals surface area contributed by atoms with Gasteiger partial charge in [0.1, 0.15) is 17.8 Å². The van der Waals surface area contributed by atoms with Crippen LogP contribution in [-0.4, -0.2) is 28.8 Å². The van der Waals surface area contributed by atoms with Crippen molar-refractivity contribution in [2.24, 2.45) is 0 Å². The van der Waals surface area contributed by atoms with Crippen LogP contribution in [0.15, 0.2) is 47.9 Å². The van der Waals surface area contributed by atoms with Crippen molar-refractivity contribution >= 4 is 11.9 Å². The Morgan fingerprint density at radius 2 is 1.42 bits per heavy atom. The summed E-state index contributed by atoms with van der Waals surface area (Å²) < 4.78 is 10.3. The molecule has 0 atom stereocenters. The number of aromatic hydroxyl groups is 2. The van der Waals surface area contributed by atoms with Crippen LogP contribution in [-0.2, 0) is 29.9 Å². The van der Waals surface area contributed by atoms with Crippen LogP contribution in [0.2, 0.25) is 0 Å². The summed E-state index contributed by atoms with van der Waals surface area (Å²) in [4.78, 5) is 23.9. The molecule has 0 aliphatic heterocycles. The van der Waals surface area contributed by atoms with Gasteiger partial charge in [-0.1, -0.05) is 59.6 Å². The molecule has 0 heterocycles. The molecule has 0 unspecified atom stereocenters. The molecule has 1 aromatic carbocycles. The van der Waals surface area contributed by atoms with E-state index in [1.807, 2.05) is 27.7 Å². The minimum Gasteiger partial charge on any atom is -0.508 e. The van der Waals surface area contributed by atoms with E-state index >= 15 is 0 Å². The fourth-order valence-electron chi connectivity index (χ4n) is 4.33. The first-order valence-electron chi connectivity index (χ1n) is 13.5. The SMILES string of the molecule is C=C=C=C=C=COC(=O)CCCC(C)(C)c1cc(O)c(C(C)(C)CCCC(=O)OCCCCCC)cc1O. The second-order valence-corrected chi connectivity index (χ2v) is 10.8. The number of esters is 2. The maximum atomic E-state index is 12.0. The molecule has 6 nitrogen and oxygen atoms in total. The van der Waals surface area contributed by atoms with Crippen LogP contribution in [0.1, 0.15) is 110 Å². The van der Waals surface area contributed by atoms with Gasteiger partial charge in [0, 0.05) is 24.0 Å². The average Bonchev–Trinajstić information content (AvgIpc) is 2.84. The Bertz CT molecular complexity index is 1090. The largest absolute Gasteiger partial charge is 0.508 e. The Hall–Kier alpha value is -3.38. The van der Waals surface area contributed by atoms with Gasteiger partial charge in [0.05, 0.1) is 6.61 Å².